The zero-order valence-corrected chi connectivity index (χ0v) is 16.9. The monoisotopic (exact) mass is 394 g/mol. The summed E-state index contributed by atoms with van der Waals surface area (Å²) in [7, 11) is 3.18. The number of hydrogen-bond acceptors (Lipinski definition) is 5. The van der Waals surface area contributed by atoms with Crippen molar-refractivity contribution in [3.63, 3.8) is 0 Å². The number of amides is 1. The zero-order valence-electron chi connectivity index (χ0n) is 16.1. The molecule has 0 unspecified atom stereocenters. The lowest BCUT2D eigenvalue weighted by Crippen LogP contribution is -2.07. The van der Waals surface area contributed by atoms with E-state index in [2.05, 4.69) is 41.5 Å². The molecule has 0 radical (unpaired) electrons. The van der Waals surface area contributed by atoms with Crippen molar-refractivity contribution >= 4 is 28.5 Å². The first kappa shape index (κ1) is 19.6. The minimum Gasteiger partial charge on any atom is -0.497 e. The molecule has 0 saturated heterocycles. The fraction of sp³-hybridized carbons (Fsp3) is 0.182. The average Bonchev–Trinajstić information content (AvgIpc) is 3.20. The molecule has 144 valence electrons. The summed E-state index contributed by atoms with van der Waals surface area (Å²) in [5, 5.41) is 5.30. The highest BCUT2D eigenvalue weighted by atomic mass is 32.1. The normalized spacial score (nSPS) is 10.8. The standard InChI is InChI=1S/C22H22N2O3S/c1-4-15-5-7-16(8-6-15)19-14-28-22(23-19)24-21(25)12-10-17-9-11-18(26-2)13-20(17)27-3/h5-14H,4H2,1-3H3,(H,23,24,25). The minimum absolute atomic E-state index is 0.250. The lowest BCUT2D eigenvalue weighted by Gasteiger charge is -2.07. The highest BCUT2D eigenvalue weighted by Gasteiger charge is 2.07. The van der Waals surface area contributed by atoms with E-state index in [1.165, 1.54) is 23.0 Å². The van der Waals surface area contributed by atoms with Crippen LogP contribution >= 0.6 is 11.3 Å². The maximum absolute atomic E-state index is 12.2. The summed E-state index contributed by atoms with van der Waals surface area (Å²) in [5.41, 5.74) is 3.96. The average molecular weight is 394 g/mol. The maximum Gasteiger partial charge on any atom is 0.250 e. The van der Waals surface area contributed by atoms with Gasteiger partial charge >= 0.3 is 0 Å². The maximum atomic E-state index is 12.2. The number of anilines is 1. The van der Waals surface area contributed by atoms with Gasteiger partial charge in [-0.1, -0.05) is 31.2 Å². The van der Waals surface area contributed by atoms with Gasteiger partial charge in [0, 0.05) is 28.6 Å². The van der Waals surface area contributed by atoms with E-state index in [4.69, 9.17) is 9.47 Å². The van der Waals surface area contributed by atoms with Crippen LogP contribution in [0.4, 0.5) is 5.13 Å². The third-order valence-corrected chi connectivity index (χ3v) is 5.00. The summed E-state index contributed by atoms with van der Waals surface area (Å²) >= 11 is 1.40. The van der Waals surface area contributed by atoms with Gasteiger partial charge in [0.15, 0.2) is 5.13 Å². The number of rotatable bonds is 7. The third kappa shape index (κ3) is 4.78. The van der Waals surface area contributed by atoms with Crippen molar-refractivity contribution in [2.45, 2.75) is 13.3 Å². The number of ether oxygens (including phenoxy) is 2. The smallest absolute Gasteiger partial charge is 0.250 e. The molecule has 0 spiro atoms. The molecular formula is C22H22N2O3S. The van der Waals surface area contributed by atoms with E-state index < -0.39 is 0 Å². The molecule has 1 N–H and O–H groups in total. The summed E-state index contributed by atoms with van der Waals surface area (Å²) in [6.45, 7) is 2.13. The van der Waals surface area contributed by atoms with Gasteiger partial charge in [0.05, 0.1) is 19.9 Å². The van der Waals surface area contributed by atoms with Crippen molar-refractivity contribution in [2.75, 3.05) is 19.5 Å². The van der Waals surface area contributed by atoms with E-state index >= 15 is 0 Å². The van der Waals surface area contributed by atoms with Crippen molar-refractivity contribution in [3.8, 4) is 22.8 Å². The van der Waals surface area contributed by atoms with Gasteiger partial charge in [-0.2, -0.15) is 0 Å². The number of methoxy groups -OCH3 is 2. The highest BCUT2D eigenvalue weighted by Crippen LogP contribution is 2.27. The Labute approximate surface area is 168 Å². The molecule has 6 heteroatoms. The molecular weight excluding hydrogens is 372 g/mol. The van der Waals surface area contributed by atoms with Crippen LogP contribution in [0.25, 0.3) is 17.3 Å². The third-order valence-electron chi connectivity index (χ3n) is 4.25. The van der Waals surface area contributed by atoms with E-state index in [1.54, 1.807) is 26.4 Å². The largest absolute Gasteiger partial charge is 0.497 e. The number of carbonyl (C=O) groups is 1. The lowest BCUT2D eigenvalue weighted by molar-refractivity contribution is -0.111. The van der Waals surface area contributed by atoms with E-state index in [1.807, 2.05) is 17.5 Å². The van der Waals surface area contributed by atoms with Crippen LogP contribution in [0.2, 0.25) is 0 Å². The van der Waals surface area contributed by atoms with Crippen LogP contribution < -0.4 is 14.8 Å². The predicted molar refractivity (Wildman–Crippen MR) is 114 cm³/mol. The number of nitrogens with zero attached hydrogens (tertiary/aromatic N) is 1. The van der Waals surface area contributed by atoms with Gasteiger partial charge in [-0.3, -0.25) is 10.1 Å². The Hall–Kier alpha value is -3.12. The van der Waals surface area contributed by atoms with Crippen LogP contribution in [0.5, 0.6) is 11.5 Å². The van der Waals surface area contributed by atoms with Crippen molar-refractivity contribution in [1.82, 2.24) is 4.98 Å². The molecule has 3 rings (SSSR count). The first-order chi connectivity index (χ1) is 13.6. The number of carbonyl (C=O) groups excluding carboxylic acids is 1. The van der Waals surface area contributed by atoms with Crippen molar-refractivity contribution in [2.24, 2.45) is 0 Å². The second kappa shape index (κ2) is 9.19. The molecule has 0 fully saturated rings. The fourth-order valence-electron chi connectivity index (χ4n) is 2.64. The van der Waals surface area contributed by atoms with Gasteiger partial charge in [0.2, 0.25) is 5.91 Å². The molecule has 28 heavy (non-hydrogen) atoms. The van der Waals surface area contributed by atoms with Gasteiger partial charge in [-0.05, 0) is 30.2 Å². The fourth-order valence-corrected chi connectivity index (χ4v) is 3.37. The molecule has 3 aromatic rings. The molecule has 2 aromatic carbocycles. The van der Waals surface area contributed by atoms with E-state index in [0.29, 0.717) is 16.6 Å². The van der Waals surface area contributed by atoms with Gasteiger partial charge in [0.25, 0.3) is 0 Å². The number of hydrogen-bond donors (Lipinski definition) is 1. The molecule has 1 aromatic heterocycles. The molecule has 0 bridgehead atoms. The van der Waals surface area contributed by atoms with Crippen LogP contribution in [0, 0.1) is 0 Å². The number of nitrogens with one attached hydrogen (secondary N) is 1. The summed E-state index contributed by atoms with van der Waals surface area (Å²) in [4.78, 5) is 16.7. The summed E-state index contributed by atoms with van der Waals surface area (Å²) in [6, 6.07) is 13.7. The Morgan fingerprint density at radius 2 is 1.93 bits per heavy atom. The van der Waals surface area contributed by atoms with Crippen LogP contribution in [0.15, 0.2) is 53.9 Å². The zero-order chi connectivity index (χ0) is 19.9. The summed E-state index contributed by atoms with van der Waals surface area (Å²) < 4.78 is 10.5. The number of thiazole rings is 1. The van der Waals surface area contributed by atoms with Gasteiger partial charge in [0.1, 0.15) is 11.5 Å². The lowest BCUT2D eigenvalue weighted by atomic mass is 10.1. The molecule has 0 saturated carbocycles. The Balaban J connectivity index is 1.67. The Morgan fingerprint density at radius 1 is 1.14 bits per heavy atom. The van der Waals surface area contributed by atoms with E-state index in [0.717, 1.165) is 23.2 Å². The van der Waals surface area contributed by atoms with Crippen LogP contribution in [-0.2, 0) is 11.2 Å². The molecule has 0 aliphatic carbocycles. The highest BCUT2D eigenvalue weighted by molar-refractivity contribution is 7.14. The predicted octanol–water partition coefficient (Wildman–Crippen LogP) is 5.04. The van der Waals surface area contributed by atoms with Crippen molar-refractivity contribution < 1.29 is 14.3 Å². The van der Waals surface area contributed by atoms with Crippen LogP contribution in [-0.4, -0.2) is 25.1 Å². The quantitative estimate of drug-likeness (QED) is 0.570. The topological polar surface area (TPSA) is 60.5 Å². The second-order valence-electron chi connectivity index (χ2n) is 6.02. The number of benzene rings is 2. The Bertz CT molecular complexity index is 978. The first-order valence-electron chi connectivity index (χ1n) is 8.89. The van der Waals surface area contributed by atoms with E-state index in [-0.39, 0.29) is 5.91 Å². The number of aryl methyl sites for hydroxylation is 1. The van der Waals surface area contributed by atoms with Crippen molar-refractivity contribution in [3.05, 3.63) is 65.0 Å². The van der Waals surface area contributed by atoms with Crippen LogP contribution in [0.3, 0.4) is 0 Å². The minimum atomic E-state index is -0.250. The summed E-state index contributed by atoms with van der Waals surface area (Å²) in [6.07, 6.45) is 4.16. The summed E-state index contributed by atoms with van der Waals surface area (Å²) in [5.74, 6) is 1.08. The Morgan fingerprint density at radius 3 is 2.61 bits per heavy atom. The van der Waals surface area contributed by atoms with Crippen LogP contribution in [0.1, 0.15) is 18.1 Å². The number of aromatic nitrogens is 1. The first-order valence-corrected chi connectivity index (χ1v) is 9.76. The SMILES string of the molecule is CCc1ccc(-c2csc(NC(=O)C=Cc3ccc(OC)cc3OC)n2)cc1. The molecule has 1 heterocycles. The molecule has 0 atom stereocenters. The molecule has 5 nitrogen and oxygen atoms in total. The van der Waals surface area contributed by atoms with Gasteiger partial charge < -0.3 is 9.47 Å². The molecule has 1 amide bonds. The van der Waals surface area contributed by atoms with Gasteiger partial charge in [-0.15, -0.1) is 11.3 Å². The second-order valence-corrected chi connectivity index (χ2v) is 6.88. The Kier molecular flexibility index (Phi) is 6.45. The molecule has 0 aliphatic rings. The molecule has 0 aliphatic heterocycles. The van der Waals surface area contributed by atoms with E-state index in [9.17, 15) is 4.79 Å². The van der Waals surface area contributed by atoms with Crippen molar-refractivity contribution in [1.29, 1.82) is 0 Å². The van der Waals surface area contributed by atoms with Gasteiger partial charge in [-0.25, -0.2) is 4.98 Å².